The largest absolute Gasteiger partial charge is 0.457 e. The Bertz CT molecular complexity index is 979. The van der Waals surface area contributed by atoms with Crippen LogP contribution in [-0.2, 0) is 17.5 Å². The van der Waals surface area contributed by atoms with Gasteiger partial charge in [-0.2, -0.15) is 13.2 Å². The molecule has 0 amide bonds. The monoisotopic (exact) mass is 348 g/mol. The van der Waals surface area contributed by atoms with Crippen molar-refractivity contribution in [2.24, 2.45) is 0 Å². The molecule has 0 atom stereocenters. The number of carbonyl (C=O) groups is 1. The first kappa shape index (κ1) is 16.7. The molecule has 128 valence electrons. The molecule has 3 aromatic rings. The van der Waals surface area contributed by atoms with Crippen LogP contribution in [0.2, 0.25) is 0 Å². The maximum absolute atomic E-state index is 12.4. The lowest BCUT2D eigenvalue weighted by Gasteiger charge is -2.07. The van der Waals surface area contributed by atoms with Crippen molar-refractivity contribution in [2.45, 2.75) is 12.8 Å². The molecule has 5 nitrogen and oxygen atoms in total. The number of aromatic amines is 1. The van der Waals surface area contributed by atoms with Gasteiger partial charge in [-0.05, 0) is 29.7 Å². The van der Waals surface area contributed by atoms with Gasteiger partial charge < -0.3 is 9.72 Å². The molecule has 0 fully saturated rings. The van der Waals surface area contributed by atoms with Crippen LogP contribution in [0.5, 0.6) is 0 Å². The number of hydrogen-bond donors (Lipinski definition) is 1. The van der Waals surface area contributed by atoms with E-state index in [1.165, 1.54) is 0 Å². The fraction of sp³-hybridized carbons (Fsp3) is 0.118. The molecule has 0 saturated carbocycles. The molecule has 25 heavy (non-hydrogen) atoms. The number of para-hydroxylation sites is 1. The average molecular weight is 348 g/mol. The second-order valence-corrected chi connectivity index (χ2v) is 5.22. The number of esters is 1. The van der Waals surface area contributed by atoms with Crippen LogP contribution >= 0.6 is 0 Å². The fourth-order valence-corrected chi connectivity index (χ4v) is 2.21. The van der Waals surface area contributed by atoms with E-state index in [1.807, 2.05) is 0 Å². The second-order valence-electron chi connectivity index (χ2n) is 5.22. The van der Waals surface area contributed by atoms with Gasteiger partial charge in [0, 0.05) is 11.7 Å². The normalized spacial score (nSPS) is 11.5. The minimum atomic E-state index is -4.58. The Labute approximate surface area is 139 Å². The predicted octanol–water partition coefficient (Wildman–Crippen LogP) is 3.30. The summed E-state index contributed by atoms with van der Waals surface area (Å²) in [7, 11) is 0. The number of ether oxygens (including phenoxy) is 1. The Balaban J connectivity index is 1.74. The van der Waals surface area contributed by atoms with Crippen molar-refractivity contribution < 1.29 is 22.7 Å². The predicted molar refractivity (Wildman–Crippen MR) is 82.9 cm³/mol. The molecular formula is C17H11F3N2O3. The number of fused-ring (bicyclic) bond motifs is 1. The van der Waals surface area contributed by atoms with Crippen molar-refractivity contribution in [1.82, 2.24) is 9.97 Å². The third-order valence-electron chi connectivity index (χ3n) is 3.48. The molecule has 8 heteroatoms. The summed E-state index contributed by atoms with van der Waals surface area (Å²) in [6.07, 6.45) is -3.80. The number of aromatic nitrogens is 2. The third kappa shape index (κ3) is 3.68. The van der Waals surface area contributed by atoms with Crippen LogP contribution in [-0.4, -0.2) is 15.9 Å². The molecule has 0 radical (unpaired) electrons. The quantitative estimate of drug-likeness (QED) is 0.737. The number of H-pyrrole nitrogens is 1. The van der Waals surface area contributed by atoms with Crippen molar-refractivity contribution in [3.8, 4) is 0 Å². The lowest BCUT2D eigenvalue weighted by atomic mass is 10.1. The standard InChI is InChI=1S/C17H11F3N2O3/c18-17(19,20)14-6-5-11(8-21-14)16(24)25-9-12-7-10-3-1-2-4-13(10)22-15(12)23/h1-8H,9H2,(H,22,23). The van der Waals surface area contributed by atoms with Crippen molar-refractivity contribution in [3.63, 3.8) is 0 Å². The number of nitrogens with one attached hydrogen (secondary N) is 1. The number of benzene rings is 1. The van der Waals surface area contributed by atoms with Gasteiger partial charge in [-0.15, -0.1) is 0 Å². The number of hydrogen-bond acceptors (Lipinski definition) is 4. The Morgan fingerprint density at radius 1 is 1.16 bits per heavy atom. The van der Waals surface area contributed by atoms with Crippen LogP contribution in [0.1, 0.15) is 21.6 Å². The summed E-state index contributed by atoms with van der Waals surface area (Å²) in [6.45, 7) is -0.306. The van der Waals surface area contributed by atoms with E-state index in [2.05, 4.69) is 9.97 Å². The number of nitrogens with zero attached hydrogens (tertiary/aromatic N) is 1. The van der Waals surface area contributed by atoms with Gasteiger partial charge in [0.1, 0.15) is 12.3 Å². The van der Waals surface area contributed by atoms with Crippen LogP contribution in [0, 0.1) is 0 Å². The molecule has 1 aromatic carbocycles. The molecule has 0 spiro atoms. The zero-order chi connectivity index (χ0) is 18.0. The molecule has 3 rings (SSSR count). The fourth-order valence-electron chi connectivity index (χ4n) is 2.21. The number of carbonyl (C=O) groups excluding carboxylic acids is 1. The summed E-state index contributed by atoms with van der Waals surface area (Å²) in [5.74, 6) is -0.867. The Hall–Kier alpha value is -3.16. The number of pyridine rings is 2. The molecule has 0 aliphatic rings. The molecule has 0 aliphatic heterocycles. The van der Waals surface area contributed by atoms with Gasteiger partial charge in [0.15, 0.2) is 0 Å². The minimum Gasteiger partial charge on any atom is -0.457 e. The summed E-state index contributed by atoms with van der Waals surface area (Å²) < 4.78 is 42.3. The minimum absolute atomic E-state index is 0.134. The summed E-state index contributed by atoms with van der Waals surface area (Å²) in [6, 6.07) is 10.4. The Morgan fingerprint density at radius 3 is 2.60 bits per heavy atom. The highest BCUT2D eigenvalue weighted by molar-refractivity contribution is 5.89. The van der Waals surface area contributed by atoms with Gasteiger partial charge in [-0.3, -0.25) is 9.78 Å². The van der Waals surface area contributed by atoms with E-state index in [9.17, 15) is 22.8 Å². The number of alkyl halides is 3. The third-order valence-corrected chi connectivity index (χ3v) is 3.48. The van der Waals surface area contributed by atoms with E-state index in [4.69, 9.17) is 4.74 Å². The molecular weight excluding hydrogens is 337 g/mol. The van der Waals surface area contributed by atoms with Crippen LogP contribution in [0.25, 0.3) is 10.9 Å². The summed E-state index contributed by atoms with van der Waals surface area (Å²) >= 11 is 0. The first-order valence-corrected chi connectivity index (χ1v) is 7.16. The molecule has 0 aliphatic carbocycles. The van der Waals surface area contributed by atoms with E-state index < -0.39 is 23.4 Å². The van der Waals surface area contributed by atoms with Crippen molar-refractivity contribution in [3.05, 3.63) is 75.8 Å². The SMILES string of the molecule is O=C(OCc1cc2ccccc2[nH]c1=O)c1ccc(C(F)(F)F)nc1. The van der Waals surface area contributed by atoms with Crippen molar-refractivity contribution in [2.75, 3.05) is 0 Å². The van der Waals surface area contributed by atoms with E-state index >= 15 is 0 Å². The van der Waals surface area contributed by atoms with E-state index in [1.54, 1.807) is 30.3 Å². The zero-order valence-electron chi connectivity index (χ0n) is 12.6. The lowest BCUT2D eigenvalue weighted by molar-refractivity contribution is -0.141. The Kier molecular flexibility index (Phi) is 4.26. The number of halogens is 3. The van der Waals surface area contributed by atoms with Gasteiger partial charge in [0.2, 0.25) is 0 Å². The molecule has 1 N–H and O–H groups in total. The van der Waals surface area contributed by atoms with Crippen LogP contribution in [0.4, 0.5) is 13.2 Å². The summed E-state index contributed by atoms with van der Waals surface area (Å²) in [5, 5.41) is 0.768. The van der Waals surface area contributed by atoms with Gasteiger partial charge in [-0.1, -0.05) is 18.2 Å². The van der Waals surface area contributed by atoms with Gasteiger partial charge in [0.05, 0.1) is 11.1 Å². The highest BCUT2D eigenvalue weighted by atomic mass is 19.4. The van der Waals surface area contributed by atoms with Crippen LogP contribution in [0.15, 0.2) is 53.5 Å². The smallest absolute Gasteiger partial charge is 0.433 e. The zero-order valence-corrected chi connectivity index (χ0v) is 12.6. The average Bonchev–Trinajstić information content (AvgIpc) is 2.59. The first-order chi connectivity index (χ1) is 11.8. The van der Waals surface area contributed by atoms with Gasteiger partial charge in [0.25, 0.3) is 5.56 Å². The van der Waals surface area contributed by atoms with Crippen LogP contribution in [0.3, 0.4) is 0 Å². The second kappa shape index (κ2) is 6.39. The molecule has 0 saturated heterocycles. The lowest BCUT2D eigenvalue weighted by Crippen LogP contribution is -2.16. The van der Waals surface area contributed by atoms with Crippen molar-refractivity contribution in [1.29, 1.82) is 0 Å². The molecule has 0 bridgehead atoms. The van der Waals surface area contributed by atoms with Crippen molar-refractivity contribution >= 4 is 16.9 Å². The number of rotatable bonds is 3. The molecule has 2 aromatic heterocycles. The topological polar surface area (TPSA) is 72.1 Å². The van der Waals surface area contributed by atoms with E-state index in [-0.39, 0.29) is 17.7 Å². The first-order valence-electron chi connectivity index (χ1n) is 7.16. The summed E-state index contributed by atoms with van der Waals surface area (Å²) in [5.41, 5.74) is -0.765. The maximum Gasteiger partial charge on any atom is 0.433 e. The molecule has 2 heterocycles. The van der Waals surface area contributed by atoms with E-state index in [0.717, 1.165) is 17.6 Å². The Morgan fingerprint density at radius 2 is 1.92 bits per heavy atom. The molecule has 0 unspecified atom stereocenters. The van der Waals surface area contributed by atoms with Gasteiger partial charge >= 0.3 is 12.1 Å². The maximum atomic E-state index is 12.4. The highest BCUT2D eigenvalue weighted by Gasteiger charge is 2.32. The van der Waals surface area contributed by atoms with E-state index in [0.29, 0.717) is 11.6 Å². The highest BCUT2D eigenvalue weighted by Crippen LogP contribution is 2.27. The van der Waals surface area contributed by atoms with Crippen LogP contribution < -0.4 is 5.56 Å². The summed E-state index contributed by atoms with van der Waals surface area (Å²) in [4.78, 5) is 29.7. The van der Waals surface area contributed by atoms with Gasteiger partial charge in [-0.25, -0.2) is 4.79 Å².